The van der Waals surface area contributed by atoms with Gasteiger partial charge in [0.15, 0.2) is 0 Å². The molecule has 0 spiro atoms. The van der Waals surface area contributed by atoms with Gasteiger partial charge in [0.1, 0.15) is 0 Å². The van der Waals surface area contributed by atoms with Gasteiger partial charge < -0.3 is 10.4 Å². The molecule has 4 nitrogen and oxygen atoms in total. The predicted octanol–water partition coefficient (Wildman–Crippen LogP) is 3.41. The number of benzene rings is 1. The summed E-state index contributed by atoms with van der Waals surface area (Å²) in [5.41, 5.74) is 1.05. The van der Waals surface area contributed by atoms with Crippen LogP contribution in [0.1, 0.15) is 43.7 Å². The summed E-state index contributed by atoms with van der Waals surface area (Å²) in [5, 5.41) is 12.9. The molecular formula is C17H20ClNO3. The normalized spacial score (nSPS) is 25.7. The van der Waals surface area contributed by atoms with Crippen LogP contribution in [-0.4, -0.2) is 17.0 Å². The van der Waals surface area contributed by atoms with Crippen molar-refractivity contribution < 1.29 is 14.7 Å². The number of hydrogen-bond acceptors (Lipinski definition) is 2. The van der Waals surface area contributed by atoms with Gasteiger partial charge in [0, 0.05) is 5.02 Å². The lowest BCUT2D eigenvalue weighted by atomic mass is 9.72. The average Bonchev–Trinajstić information content (AvgIpc) is 2.34. The second kappa shape index (κ2) is 6.29. The third kappa shape index (κ3) is 2.98. The van der Waals surface area contributed by atoms with Crippen molar-refractivity contribution >= 4 is 23.5 Å². The highest BCUT2D eigenvalue weighted by Gasteiger charge is 2.42. The summed E-state index contributed by atoms with van der Waals surface area (Å²) >= 11 is 5.93. The highest BCUT2D eigenvalue weighted by atomic mass is 35.5. The fourth-order valence-electron chi connectivity index (χ4n) is 3.29. The van der Waals surface area contributed by atoms with Gasteiger partial charge in [-0.2, -0.15) is 0 Å². The smallest absolute Gasteiger partial charge is 0.307 e. The van der Waals surface area contributed by atoms with E-state index in [-0.39, 0.29) is 17.9 Å². The van der Waals surface area contributed by atoms with E-state index in [1.54, 1.807) is 0 Å². The SMILES string of the molecule is O=C(O)C1CCC1C(=O)NC(c1ccc(Cl)cc1)C1CCC1. The van der Waals surface area contributed by atoms with Crippen LogP contribution in [-0.2, 0) is 9.59 Å². The molecule has 3 unspecified atom stereocenters. The minimum absolute atomic E-state index is 0.0337. The fraction of sp³-hybridized carbons (Fsp3) is 0.529. The molecule has 0 saturated heterocycles. The van der Waals surface area contributed by atoms with E-state index in [1.807, 2.05) is 24.3 Å². The molecule has 3 rings (SSSR count). The molecule has 0 heterocycles. The molecule has 0 aromatic heterocycles. The molecule has 1 amide bonds. The van der Waals surface area contributed by atoms with Crippen LogP contribution in [0, 0.1) is 17.8 Å². The van der Waals surface area contributed by atoms with E-state index < -0.39 is 11.9 Å². The Hall–Kier alpha value is -1.55. The molecule has 0 bridgehead atoms. The number of aliphatic carboxylic acids is 1. The summed E-state index contributed by atoms with van der Waals surface area (Å²) in [4.78, 5) is 23.5. The second-order valence-corrected chi connectivity index (χ2v) is 6.79. The van der Waals surface area contributed by atoms with Gasteiger partial charge in [-0.25, -0.2) is 0 Å². The van der Waals surface area contributed by atoms with Crippen molar-refractivity contribution in [1.82, 2.24) is 5.32 Å². The molecule has 1 aromatic carbocycles. The topological polar surface area (TPSA) is 66.4 Å². The average molecular weight is 322 g/mol. The highest BCUT2D eigenvalue weighted by Crippen LogP contribution is 2.40. The van der Waals surface area contributed by atoms with Gasteiger partial charge in [-0.15, -0.1) is 0 Å². The van der Waals surface area contributed by atoms with Crippen molar-refractivity contribution in [2.45, 2.75) is 38.1 Å². The van der Waals surface area contributed by atoms with Gasteiger partial charge in [-0.3, -0.25) is 9.59 Å². The van der Waals surface area contributed by atoms with Crippen molar-refractivity contribution in [2.24, 2.45) is 17.8 Å². The van der Waals surface area contributed by atoms with E-state index in [2.05, 4.69) is 5.32 Å². The van der Waals surface area contributed by atoms with Crippen LogP contribution in [0.2, 0.25) is 5.02 Å². The number of hydrogen-bond donors (Lipinski definition) is 2. The number of halogens is 1. The van der Waals surface area contributed by atoms with Gasteiger partial charge >= 0.3 is 5.97 Å². The Labute approximate surface area is 134 Å². The lowest BCUT2D eigenvalue weighted by molar-refractivity contribution is -0.153. The molecule has 2 saturated carbocycles. The van der Waals surface area contributed by atoms with Crippen molar-refractivity contribution in [3.63, 3.8) is 0 Å². The maximum Gasteiger partial charge on any atom is 0.307 e. The van der Waals surface area contributed by atoms with Gasteiger partial charge in [-0.1, -0.05) is 30.2 Å². The number of carbonyl (C=O) groups is 2. The van der Waals surface area contributed by atoms with E-state index >= 15 is 0 Å². The molecule has 2 fully saturated rings. The third-order valence-electron chi connectivity index (χ3n) is 5.08. The van der Waals surface area contributed by atoms with Crippen LogP contribution in [0.15, 0.2) is 24.3 Å². The first-order valence-electron chi connectivity index (χ1n) is 7.85. The van der Waals surface area contributed by atoms with Gasteiger partial charge in [0.25, 0.3) is 0 Å². The van der Waals surface area contributed by atoms with E-state index in [0.29, 0.717) is 23.8 Å². The van der Waals surface area contributed by atoms with Crippen LogP contribution in [0.5, 0.6) is 0 Å². The summed E-state index contributed by atoms with van der Waals surface area (Å²) < 4.78 is 0. The molecule has 1 aromatic rings. The first kappa shape index (κ1) is 15.3. The maximum atomic E-state index is 12.4. The first-order valence-corrected chi connectivity index (χ1v) is 8.22. The zero-order chi connectivity index (χ0) is 15.7. The molecule has 22 heavy (non-hydrogen) atoms. The molecule has 2 aliphatic carbocycles. The van der Waals surface area contributed by atoms with Crippen molar-refractivity contribution in [3.8, 4) is 0 Å². The lowest BCUT2D eigenvalue weighted by Gasteiger charge is -2.38. The van der Waals surface area contributed by atoms with Crippen molar-refractivity contribution in [2.75, 3.05) is 0 Å². The molecule has 2 aliphatic rings. The Morgan fingerprint density at radius 1 is 1.09 bits per heavy atom. The molecule has 5 heteroatoms. The fourth-order valence-corrected chi connectivity index (χ4v) is 3.41. The third-order valence-corrected chi connectivity index (χ3v) is 5.33. The Morgan fingerprint density at radius 2 is 1.73 bits per heavy atom. The first-order chi connectivity index (χ1) is 10.6. The number of amides is 1. The Kier molecular flexibility index (Phi) is 4.39. The van der Waals surface area contributed by atoms with Crippen LogP contribution in [0.3, 0.4) is 0 Å². The molecule has 3 atom stereocenters. The molecule has 0 radical (unpaired) electrons. The Balaban J connectivity index is 1.72. The summed E-state index contributed by atoms with van der Waals surface area (Å²) in [7, 11) is 0. The number of nitrogens with one attached hydrogen (secondary N) is 1. The largest absolute Gasteiger partial charge is 0.481 e. The molecule has 2 N–H and O–H groups in total. The van der Waals surface area contributed by atoms with Crippen molar-refractivity contribution in [1.29, 1.82) is 0 Å². The summed E-state index contributed by atoms with van der Waals surface area (Å²) in [6.07, 6.45) is 4.65. The van der Waals surface area contributed by atoms with Gasteiger partial charge in [0.05, 0.1) is 17.9 Å². The molecule has 0 aliphatic heterocycles. The zero-order valence-corrected chi connectivity index (χ0v) is 13.1. The van der Waals surface area contributed by atoms with Crippen LogP contribution < -0.4 is 5.32 Å². The van der Waals surface area contributed by atoms with E-state index in [4.69, 9.17) is 16.7 Å². The van der Waals surface area contributed by atoms with Crippen LogP contribution >= 0.6 is 11.6 Å². The Bertz CT molecular complexity index is 568. The molecular weight excluding hydrogens is 302 g/mol. The van der Waals surface area contributed by atoms with E-state index in [0.717, 1.165) is 18.4 Å². The number of carboxylic acid groups (broad SMARTS) is 1. The monoisotopic (exact) mass is 321 g/mol. The summed E-state index contributed by atoms with van der Waals surface area (Å²) in [6.45, 7) is 0. The highest BCUT2D eigenvalue weighted by molar-refractivity contribution is 6.30. The van der Waals surface area contributed by atoms with Gasteiger partial charge in [0.2, 0.25) is 5.91 Å². The molecule has 118 valence electrons. The van der Waals surface area contributed by atoms with E-state index in [9.17, 15) is 9.59 Å². The quantitative estimate of drug-likeness (QED) is 0.873. The van der Waals surface area contributed by atoms with Crippen LogP contribution in [0.4, 0.5) is 0 Å². The number of rotatable bonds is 5. The summed E-state index contributed by atoms with van der Waals surface area (Å²) in [5.74, 6) is -1.45. The Morgan fingerprint density at radius 3 is 2.18 bits per heavy atom. The summed E-state index contributed by atoms with van der Waals surface area (Å²) in [6, 6.07) is 7.52. The standard InChI is InChI=1S/C17H20ClNO3/c18-12-6-4-11(5-7-12)15(10-2-1-3-10)19-16(20)13-8-9-14(13)17(21)22/h4-7,10,13-15H,1-3,8-9H2,(H,19,20)(H,21,22). The van der Waals surface area contributed by atoms with Crippen LogP contribution in [0.25, 0.3) is 0 Å². The minimum atomic E-state index is -0.863. The lowest BCUT2D eigenvalue weighted by Crippen LogP contribution is -2.46. The van der Waals surface area contributed by atoms with Crippen molar-refractivity contribution in [3.05, 3.63) is 34.9 Å². The number of carbonyl (C=O) groups excluding carboxylic acids is 1. The maximum absolute atomic E-state index is 12.4. The predicted molar refractivity (Wildman–Crippen MR) is 83.5 cm³/mol. The van der Waals surface area contributed by atoms with E-state index in [1.165, 1.54) is 6.42 Å². The second-order valence-electron chi connectivity index (χ2n) is 6.36. The zero-order valence-electron chi connectivity index (χ0n) is 12.3. The minimum Gasteiger partial charge on any atom is -0.481 e. The van der Waals surface area contributed by atoms with Gasteiger partial charge in [-0.05, 0) is 49.3 Å². The number of carboxylic acids is 1.